The van der Waals surface area contributed by atoms with Gasteiger partial charge in [-0.1, -0.05) is 31.2 Å². The molecule has 0 aromatic heterocycles. The van der Waals surface area contributed by atoms with Gasteiger partial charge in [0.1, 0.15) is 17.1 Å². The van der Waals surface area contributed by atoms with Crippen LogP contribution in [0.15, 0.2) is 36.4 Å². The molecule has 0 bridgehead atoms. The van der Waals surface area contributed by atoms with E-state index in [0.717, 1.165) is 24.8 Å². The fourth-order valence-corrected chi connectivity index (χ4v) is 3.54. The van der Waals surface area contributed by atoms with Crippen LogP contribution in [-0.4, -0.2) is 18.1 Å². The van der Waals surface area contributed by atoms with Crippen molar-refractivity contribution in [2.24, 2.45) is 0 Å². The lowest BCUT2D eigenvalue weighted by molar-refractivity contribution is 0.0929. The van der Waals surface area contributed by atoms with Crippen molar-refractivity contribution < 1.29 is 14.6 Å². The van der Waals surface area contributed by atoms with Crippen LogP contribution in [0.2, 0.25) is 0 Å². The third-order valence-corrected chi connectivity index (χ3v) is 4.94. The maximum Gasteiger partial charge on any atom is 0.259 e. The van der Waals surface area contributed by atoms with E-state index < -0.39 is 0 Å². The molecule has 1 aliphatic carbocycles. The second kappa shape index (κ2) is 7.60. The lowest BCUT2D eigenvalue weighted by Gasteiger charge is -2.22. The van der Waals surface area contributed by atoms with Gasteiger partial charge in [0, 0.05) is 0 Å². The quantitative estimate of drug-likeness (QED) is 0.860. The van der Waals surface area contributed by atoms with E-state index in [1.807, 2.05) is 6.92 Å². The largest absolute Gasteiger partial charge is 0.507 e. The van der Waals surface area contributed by atoms with Crippen LogP contribution in [0.4, 0.5) is 0 Å². The van der Waals surface area contributed by atoms with E-state index in [-0.39, 0.29) is 23.3 Å². The number of phenols is 1. The number of ether oxygens (including phenoxy) is 1. The van der Waals surface area contributed by atoms with Gasteiger partial charge in [0.2, 0.25) is 0 Å². The molecular formula is C21H25NO3. The summed E-state index contributed by atoms with van der Waals surface area (Å²) in [6.07, 6.45) is 5.52. The zero-order valence-electron chi connectivity index (χ0n) is 14.8. The highest BCUT2D eigenvalue weighted by Crippen LogP contribution is 2.29. The van der Waals surface area contributed by atoms with E-state index in [1.54, 1.807) is 12.1 Å². The summed E-state index contributed by atoms with van der Waals surface area (Å²) in [5.74, 6) is -0.0190. The van der Waals surface area contributed by atoms with Crippen LogP contribution < -0.4 is 10.1 Å². The lowest BCUT2D eigenvalue weighted by atomic mass is 9.88. The second-order valence-electron chi connectivity index (χ2n) is 6.52. The number of methoxy groups -OCH3 is 1. The number of phenolic OH excluding ortho intramolecular Hbond substituents is 1. The minimum absolute atomic E-state index is 0.0721. The van der Waals surface area contributed by atoms with Crippen LogP contribution in [-0.2, 0) is 12.8 Å². The zero-order chi connectivity index (χ0) is 17.8. The summed E-state index contributed by atoms with van der Waals surface area (Å²) in [6, 6.07) is 11.3. The van der Waals surface area contributed by atoms with Gasteiger partial charge in [0.05, 0.1) is 13.2 Å². The van der Waals surface area contributed by atoms with E-state index >= 15 is 0 Å². The monoisotopic (exact) mass is 339 g/mol. The van der Waals surface area contributed by atoms with Crippen molar-refractivity contribution in [2.75, 3.05) is 7.11 Å². The summed E-state index contributed by atoms with van der Waals surface area (Å²) in [6.45, 7) is 2.05. The standard InChI is InChI=1S/C21H25NO3/c1-3-17(16-12-11-14-7-4-5-8-15(14)13-16)22-21(24)20-18(23)9-6-10-19(20)25-2/h6,9-13,17,23H,3-5,7-8H2,1-2H3,(H,22,24). The molecule has 0 saturated heterocycles. The number of hydrogen-bond acceptors (Lipinski definition) is 3. The Morgan fingerprint density at radius 3 is 2.68 bits per heavy atom. The number of carbonyl (C=O) groups is 1. The molecule has 1 aliphatic rings. The summed E-state index contributed by atoms with van der Waals surface area (Å²) in [7, 11) is 1.49. The summed E-state index contributed by atoms with van der Waals surface area (Å²) in [4.78, 5) is 12.7. The fourth-order valence-electron chi connectivity index (χ4n) is 3.54. The molecule has 132 valence electrons. The van der Waals surface area contributed by atoms with Crippen molar-refractivity contribution in [2.45, 2.75) is 45.1 Å². The number of aromatic hydroxyl groups is 1. The third-order valence-electron chi connectivity index (χ3n) is 4.94. The van der Waals surface area contributed by atoms with Crippen LogP contribution in [0.1, 0.15) is 59.3 Å². The molecule has 0 aliphatic heterocycles. The summed E-state index contributed by atoms with van der Waals surface area (Å²) >= 11 is 0. The molecule has 0 heterocycles. The van der Waals surface area contributed by atoms with Crippen molar-refractivity contribution in [1.82, 2.24) is 5.32 Å². The number of rotatable bonds is 5. The maximum atomic E-state index is 12.7. The zero-order valence-corrected chi connectivity index (χ0v) is 14.8. The Morgan fingerprint density at radius 1 is 1.20 bits per heavy atom. The molecule has 1 amide bonds. The summed E-state index contributed by atoms with van der Waals surface area (Å²) < 4.78 is 5.22. The molecule has 0 radical (unpaired) electrons. The highest BCUT2D eigenvalue weighted by atomic mass is 16.5. The van der Waals surface area contributed by atoms with Crippen LogP contribution in [0.25, 0.3) is 0 Å². The third kappa shape index (κ3) is 3.63. The highest BCUT2D eigenvalue weighted by molar-refractivity contribution is 5.99. The number of carbonyl (C=O) groups excluding carboxylic acids is 1. The van der Waals surface area contributed by atoms with Gasteiger partial charge >= 0.3 is 0 Å². The molecule has 4 nitrogen and oxygen atoms in total. The topological polar surface area (TPSA) is 58.6 Å². The van der Waals surface area contributed by atoms with Gasteiger partial charge in [-0.15, -0.1) is 0 Å². The Morgan fingerprint density at radius 2 is 1.96 bits per heavy atom. The molecule has 0 spiro atoms. The number of nitrogens with one attached hydrogen (secondary N) is 1. The molecule has 0 saturated carbocycles. The number of fused-ring (bicyclic) bond motifs is 1. The highest BCUT2D eigenvalue weighted by Gasteiger charge is 2.21. The van der Waals surface area contributed by atoms with Gasteiger partial charge < -0.3 is 15.2 Å². The van der Waals surface area contributed by atoms with Gasteiger partial charge in [-0.05, 0) is 60.9 Å². The first-order chi connectivity index (χ1) is 12.1. The molecule has 1 atom stereocenters. The Hall–Kier alpha value is -2.49. The smallest absolute Gasteiger partial charge is 0.259 e. The molecular weight excluding hydrogens is 314 g/mol. The van der Waals surface area contributed by atoms with Crippen molar-refractivity contribution in [3.05, 3.63) is 58.7 Å². The van der Waals surface area contributed by atoms with E-state index in [0.29, 0.717) is 5.75 Å². The molecule has 25 heavy (non-hydrogen) atoms. The Bertz CT molecular complexity index is 770. The average Bonchev–Trinajstić information content (AvgIpc) is 2.65. The molecule has 2 N–H and O–H groups in total. The Kier molecular flexibility index (Phi) is 5.27. The van der Waals surface area contributed by atoms with Gasteiger partial charge in [0.25, 0.3) is 5.91 Å². The Balaban J connectivity index is 1.84. The van der Waals surface area contributed by atoms with E-state index in [2.05, 4.69) is 23.5 Å². The SMILES string of the molecule is CCC(NC(=O)c1c(O)cccc1OC)c1ccc2c(c1)CCCC2. The minimum atomic E-state index is -0.320. The number of aryl methyl sites for hydroxylation is 2. The summed E-state index contributed by atoms with van der Waals surface area (Å²) in [5, 5.41) is 13.1. The van der Waals surface area contributed by atoms with E-state index in [9.17, 15) is 9.90 Å². The van der Waals surface area contributed by atoms with Gasteiger partial charge in [-0.3, -0.25) is 4.79 Å². The first-order valence-corrected chi connectivity index (χ1v) is 8.92. The average molecular weight is 339 g/mol. The minimum Gasteiger partial charge on any atom is -0.507 e. The summed E-state index contributed by atoms with van der Waals surface area (Å²) in [5.41, 5.74) is 4.13. The molecule has 2 aromatic carbocycles. The van der Waals surface area contributed by atoms with Crippen LogP contribution in [0.5, 0.6) is 11.5 Å². The fraction of sp³-hybridized carbons (Fsp3) is 0.381. The number of benzene rings is 2. The molecule has 2 aromatic rings. The predicted octanol–water partition coefficient (Wildman–Crippen LogP) is 4.16. The first-order valence-electron chi connectivity index (χ1n) is 8.92. The van der Waals surface area contributed by atoms with E-state index in [4.69, 9.17) is 4.74 Å². The molecule has 0 fully saturated rings. The van der Waals surface area contributed by atoms with Gasteiger partial charge in [-0.25, -0.2) is 0 Å². The van der Waals surface area contributed by atoms with Crippen molar-refractivity contribution >= 4 is 5.91 Å². The molecule has 4 heteroatoms. The lowest BCUT2D eigenvalue weighted by Crippen LogP contribution is -2.28. The van der Waals surface area contributed by atoms with Gasteiger partial charge in [-0.2, -0.15) is 0 Å². The second-order valence-corrected chi connectivity index (χ2v) is 6.52. The van der Waals surface area contributed by atoms with E-state index in [1.165, 1.54) is 37.1 Å². The maximum absolute atomic E-state index is 12.7. The van der Waals surface area contributed by atoms with Crippen molar-refractivity contribution in [3.63, 3.8) is 0 Å². The van der Waals surface area contributed by atoms with Crippen LogP contribution >= 0.6 is 0 Å². The molecule has 3 rings (SSSR count). The van der Waals surface area contributed by atoms with Crippen LogP contribution in [0.3, 0.4) is 0 Å². The number of amides is 1. The Labute approximate surface area is 148 Å². The molecule has 1 unspecified atom stereocenters. The van der Waals surface area contributed by atoms with Crippen LogP contribution in [0, 0.1) is 0 Å². The van der Waals surface area contributed by atoms with Crippen molar-refractivity contribution in [3.8, 4) is 11.5 Å². The normalized spacial score (nSPS) is 14.5. The van der Waals surface area contributed by atoms with Crippen molar-refractivity contribution in [1.29, 1.82) is 0 Å². The van der Waals surface area contributed by atoms with Gasteiger partial charge in [0.15, 0.2) is 0 Å². The first kappa shape index (κ1) is 17.3. The predicted molar refractivity (Wildman–Crippen MR) is 98.2 cm³/mol. The number of hydrogen-bond donors (Lipinski definition) is 2.